The number of likely N-dealkylation sites (tertiary alicyclic amines) is 1. The standard InChI is InChI=1S/C20H26N2O2.ClH/c1-21-12-14-5-7-22(8-6-14)20(23)11-17-13-24-19-10-16-4-2-3-15(16)9-18(17)19;/h9-10,13-14,21H,2-8,11-12H2,1H3;1H. The zero-order valence-electron chi connectivity index (χ0n) is 14.8. The number of aryl methyl sites for hydroxylation is 2. The average molecular weight is 363 g/mol. The fraction of sp³-hybridized carbons (Fsp3) is 0.550. The Labute approximate surface area is 155 Å². The van der Waals surface area contributed by atoms with E-state index < -0.39 is 0 Å². The zero-order chi connectivity index (χ0) is 16.5. The van der Waals surface area contributed by atoms with Gasteiger partial charge in [-0.2, -0.15) is 0 Å². The summed E-state index contributed by atoms with van der Waals surface area (Å²) in [5.74, 6) is 0.942. The van der Waals surface area contributed by atoms with E-state index in [-0.39, 0.29) is 18.3 Å². The lowest BCUT2D eigenvalue weighted by atomic mass is 9.96. The van der Waals surface area contributed by atoms with E-state index in [9.17, 15) is 4.79 Å². The van der Waals surface area contributed by atoms with Gasteiger partial charge in [0.05, 0.1) is 12.7 Å². The van der Waals surface area contributed by atoms with Gasteiger partial charge >= 0.3 is 0 Å². The second-order valence-electron chi connectivity index (χ2n) is 7.29. The molecule has 1 saturated heterocycles. The van der Waals surface area contributed by atoms with Crippen LogP contribution in [-0.4, -0.2) is 37.5 Å². The van der Waals surface area contributed by atoms with Crippen molar-refractivity contribution in [3.05, 3.63) is 35.1 Å². The summed E-state index contributed by atoms with van der Waals surface area (Å²) in [5.41, 5.74) is 4.83. The van der Waals surface area contributed by atoms with E-state index in [0.29, 0.717) is 12.3 Å². The van der Waals surface area contributed by atoms with Gasteiger partial charge in [-0.15, -0.1) is 12.4 Å². The maximum Gasteiger partial charge on any atom is 0.227 e. The molecule has 5 heteroatoms. The molecule has 2 aliphatic rings. The fourth-order valence-electron chi connectivity index (χ4n) is 4.23. The van der Waals surface area contributed by atoms with Gasteiger partial charge in [-0.1, -0.05) is 0 Å². The summed E-state index contributed by atoms with van der Waals surface area (Å²) in [6.07, 6.45) is 7.99. The fourth-order valence-corrected chi connectivity index (χ4v) is 4.23. The summed E-state index contributed by atoms with van der Waals surface area (Å²) in [4.78, 5) is 14.7. The van der Waals surface area contributed by atoms with Gasteiger partial charge in [-0.25, -0.2) is 0 Å². The smallest absolute Gasteiger partial charge is 0.227 e. The van der Waals surface area contributed by atoms with Gasteiger partial charge in [-0.05, 0) is 74.9 Å². The number of piperidine rings is 1. The average Bonchev–Trinajstić information content (AvgIpc) is 3.20. The molecule has 1 aliphatic heterocycles. The van der Waals surface area contributed by atoms with Crippen molar-refractivity contribution in [2.45, 2.75) is 38.5 Å². The summed E-state index contributed by atoms with van der Waals surface area (Å²) in [5, 5.41) is 4.38. The van der Waals surface area contributed by atoms with Gasteiger partial charge in [0.1, 0.15) is 5.58 Å². The molecular weight excluding hydrogens is 336 g/mol. The van der Waals surface area contributed by atoms with Crippen molar-refractivity contribution in [1.82, 2.24) is 10.2 Å². The molecule has 25 heavy (non-hydrogen) atoms. The zero-order valence-corrected chi connectivity index (χ0v) is 15.7. The summed E-state index contributed by atoms with van der Waals surface area (Å²) in [6, 6.07) is 4.43. The van der Waals surface area contributed by atoms with Crippen molar-refractivity contribution in [2.75, 3.05) is 26.7 Å². The largest absolute Gasteiger partial charge is 0.464 e. The van der Waals surface area contributed by atoms with E-state index in [1.807, 2.05) is 11.9 Å². The monoisotopic (exact) mass is 362 g/mol. The van der Waals surface area contributed by atoms with Crippen LogP contribution in [0.1, 0.15) is 36.0 Å². The van der Waals surface area contributed by atoms with Crippen molar-refractivity contribution >= 4 is 29.3 Å². The lowest BCUT2D eigenvalue weighted by molar-refractivity contribution is -0.131. The molecule has 136 valence electrons. The number of hydrogen-bond acceptors (Lipinski definition) is 3. The predicted molar refractivity (Wildman–Crippen MR) is 102 cm³/mol. The molecule has 0 spiro atoms. The number of fused-ring (bicyclic) bond motifs is 2. The number of nitrogens with zero attached hydrogens (tertiary/aromatic N) is 1. The molecular formula is C20H27ClN2O2. The summed E-state index contributed by atoms with van der Waals surface area (Å²) < 4.78 is 5.73. The molecule has 2 heterocycles. The Bertz CT molecular complexity index is 747. The molecule has 4 nitrogen and oxygen atoms in total. The van der Waals surface area contributed by atoms with Gasteiger partial charge in [0.15, 0.2) is 0 Å². The van der Waals surface area contributed by atoms with Crippen LogP contribution >= 0.6 is 12.4 Å². The SMILES string of the molecule is CNCC1CCN(C(=O)Cc2coc3cc4c(cc23)CCC4)CC1.Cl. The minimum atomic E-state index is 0. The van der Waals surface area contributed by atoms with Gasteiger partial charge in [-0.3, -0.25) is 4.79 Å². The second kappa shape index (κ2) is 7.79. The molecule has 1 amide bonds. The Morgan fingerprint density at radius 1 is 1.24 bits per heavy atom. The number of furan rings is 1. The molecule has 1 aliphatic carbocycles. The highest BCUT2D eigenvalue weighted by atomic mass is 35.5. The first-order chi connectivity index (χ1) is 11.7. The minimum absolute atomic E-state index is 0. The number of nitrogens with one attached hydrogen (secondary N) is 1. The van der Waals surface area contributed by atoms with Gasteiger partial charge in [0.2, 0.25) is 5.91 Å². The van der Waals surface area contributed by atoms with Crippen LogP contribution in [0.2, 0.25) is 0 Å². The number of rotatable bonds is 4. The third kappa shape index (κ3) is 3.70. The minimum Gasteiger partial charge on any atom is -0.464 e. The molecule has 1 N–H and O–H groups in total. The van der Waals surface area contributed by atoms with Gasteiger partial charge in [0.25, 0.3) is 0 Å². The molecule has 1 fully saturated rings. The Morgan fingerprint density at radius 2 is 1.96 bits per heavy atom. The normalized spacial score (nSPS) is 17.6. The predicted octanol–water partition coefficient (Wildman–Crippen LogP) is 3.34. The van der Waals surface area contributed by atoms with Crippen LogP contribution < -0.4 is 5.32 Å². The van der Waals surface area contributed by atoms with Crippen molar-refractivity contribution in [1.29, 1.82) is 0 Å². The number of benzene rings is 1. The molecule has 0 saturated carbocycles. The summed E-state index contributed by atoms with van der Waals surface area (Å²) in [6.45, 7) is 2.83. The van der Waals surface area contributed by atoms with E-state index in [1.165, 1.54) is 17.5 Å². The Balaban J connectivity index is 0.00000182. The summed E-state index contributed by atoms with van der Waals surface area (Å²) >= 11 is 0. The number of amides is 1. The molecule has 0 radical (unpaired) electrons. The first kappa shape index (κ1) is 18.3. The molecule has 4 rings (SSSR count). The molecule has 1 aromatic heterocycles. The topological polar surface area (TPSA) is 45.5 Å². The first-order valence-electron chi connectivity index (χ1n) is 9.19. The van der Waals surface area contributed by atoms with Crippen molar-refractivity contribution in [3.63, 3.8) is 0 Å². The van der Waals surface area contributed by atoms with E-state index in [0.717, 1.165) is 61.9 Å². The maximum absolute atomic E-state index is 12.7. The number of hydrogen-bond donors (Lipinski definition) is 1. The Hall–Kier alpha value is -1.52. The van der Waals surface area contributed by atoms with Crippen LogP contribution in [0.4, 0.5) is 0 Å². The molecule has 0 atom stereocenters. The van der Waals surface area contributed by atoms with Crippen LogP contribution in [-0.2, 0) is 24.1 Å². The van der Waals surface area contributed by atoms with E-state index in [4.69, 9.17) is 4.42 Å². The molecule has 2 aromatic rings. The van der Waals surface area contributed by atoms with Gasteiger partial charge < -0.3 is 14.6 Å². The quantitative estimate of drug-likeness (QED) is 0.907. The maximum atomic E-state index is 12.7. The lowest BCUT2D eigenvalue weighted by Crippen LogP contribution is -2.41. The highest BCUT2D eigenvalue weighted by Gasteiger charge is 2.24. The molecule has 0 bridgehead atoms. The summed E-state index contributed by atoms with van der Waals surface area (Å²) in [7, 11) is 2.00. The third-order valence-electron chi connectivity index (χ3n) is 5.67. The number of carbonyl (C=O) groups excluding carboxylic acids is 1. The Morgan fingerprint density at radius 3 is 2.68 bits per heavy atom. The highest BCUT2D eigenvalue weighted by molar-refractivity contribution is 5.88. The molecule has 0 unspecified atom stereocenters. The van der Waals surface area contributed by atoms with Crippen LogP contribution in [0.15, 0.2) is 22.8 Å². The number of carbonyl (C=O) groups is 1. The van der Waals surface area contributed by atoms with E-state index in [2.05, 4.69) is 17.4 Å². The van der Waals surface area contributed by atoms with Crippen LogP contribution in [0, 0.1) is 5.92 Å². The van der Waals surface area contributed by atoms with Crippen molar-refractivity contribution < 1.29 is 9.21 Å². The first-order valence-corrected chi connectivity index (χ1v) is 9.19. The van der Waals surface area contributed by atoms with Gasteiger partial charge in [0, 0.05) is 24.0 Å². The highest BCUT2D eigenvalue weighted by Crippen LogP contribution is 2.31. The van der Waals surface area contributed by atoms with Crippen LogP contribution in [0.25, 0.3) is 11.0 Å². The Kier molecular flexibility index (Phi) is 5.70. The third-order valence-corrected chi connectivity index (χ3v) is 5.67. The number of halogens is 1. The lowest BCUT2D eigenvalue weighted by Gasteiger charge is -2.32. The van der Waals surface area contributed by atoms with E-state index >= 15 is 0 Å². The van der Waals surface area contributed by atoms with E-state index in [1.54, 1.807) is 6.26 Å². The van der Waals surface area contributed by atoms with Crippen LogP contribution in [0.5, 0.6) is 0 Å². The van der Waals surface area contributed by atoms with Crippen LogP contribution in [0.3, 0.4) is 0 Å². The second-order valence-corrected chi connectivity index (χ2v) is 7.29. The molecule has 1 aromatic carbocycles. The van der Waals surface area contributed by atoms with Crippen molar-refractivity contribution in [2.24, 2.45) is 5.92 Å². The van der Waals surface area contributed by atoms with Crippen molar-refractivity contribution in [3.8, 4) is 0 Å².